The second-order valence-electron chi connectivity index (χ2n) is 6.86. The van der Waals surface area contributed by atoms with E-state index >= 15 is 0 Å². The average Bonchev–Trinajstić information content (AvgIpc) is 2.95. The van der Waals surface area contributed by atoms with Crippen LogP contribution in [0.25, 0.3) is 0 Å². The summed E-state index contributed by atoms with van der Waals surface area (Å²) in [6.45, 7) is 7.62. The minimum Gasteiger partial charge on any atom is -0.330 e. The third-order valence-electron chi connectivity index (χ3n) is 4.44. The molecule has 0 aliphatic rings. The van der Waals surface area contributed by atoms with Gasteiger partial charge in [-0.05, 0) is 25.3 Å². The van der Waals surface area contributed by atoms with Crippen molar-refractivity contribution in [3.05, 3.63) is 18.7 Å². The second-order valence-corrected chi connectivity index (χ2v) is 6.86. The summed E-state index contributed by atoms with van der Waals surface area (Å²) in [5.41, 5.74) is 5.56. The van der Waals surface area contributed by atoms with Gasteiger partial charge < -0.3 is 5.73 Å². The maximum absolute atomic E-state index is 5.56. The fourth-order valence-corrected chi connectivity index (χ4v) is 3.03. The first-order chi connectivity index (χ1) is 10.8. The lowest BCUT2D eigenvalue weighted by molar-refractivity contribution is -0.702. The van der Waals surface area contributed by atoms with Crippen molar-refractivity contribution in [2.75, 3.05) is 6.54 Å². The molecule has 2 N–H and O–H groups in total. The van der Waals surface area contributed by atoms with Crippen LogP contribution in [0, 0.1) is 5.92 Å². The number of unbranched alkanes of at least 4 members (excludes halogenated alkanes) is 7. The second kappa shape index (κ2) is 12.7. The molecule has 0 saturated heterocycles. The van der Waals surface area contributed by atoms with E-state index in [1.807, 2.05) is 0 Å². The lowest BCUT2D eigenvalue weighted by atomic mass is 10.0. The summed E-state index contributed by atoms with van der Waals surface area (Å²) in [5.74, 6) is 0.774. The Morgan fingerprint density at radius 1 is 1.00 bits per heavy atom. The molecule has 0 aromatic carbocycles. The molecule has 0 radical (unpaired) electrons. The van der Waals surface area contributed by atoms with E-state index in [0.29, 0.717) is 0 Å². The number of imidazole rings is 1. The van der Waals surface area contributed by atoms with Gasteiger partial charge in [-0.3, -0.25) is 0 Å². The van der Waals surface area contributed by atoms with Crippen LogP contribution in [0.4, 0.5) is 0 Å². The molecular formula is C19H38N3+. The first-order valence-corrected chi connectivity index (χ1v) is 9.51. The van der Waals surface area contributed by atoms with Gasteiger partial charge in [-0.2, -0.15) is 0 Å². The molecule has 22 heavy (non-hydrogen) atoms. The molecule has 1 heterocycles. The van der Waals surface area contributed by atoms with E-state index in [9.17, 15) is 0 Å². The molecule has 0 fully saturated rings. The van der Waals surface area contributed by atoms with Gasteiger partial charge in [0, 0.05) is 0 Å². The van der Waals surface area contributed by atoms with Gasteiger partial charge in [0.25, 0.3) is 0 Å². The van der Waals surface area contributed by atoms with E-state index in [2.05, 4.69) is 41.7 Å². The Bertz CT molecular complexity index is 359. The highest BCUT2D eigenvalue weighted by Gasteiger charge is 2.08. The van der Waals surface area contributed by atoms with Gasteiger partial charge in [-0.1, -0.05) is 65.2 Å². The van der Waals surface area contributed by atoms with E-state index in [1.54, 1.807) is 0 Å². The number of aryl methyl sites for hydroxylation is 1. The minimum atomic E-state index is 0.771. The van der Waals surface area contributed by atoms with Crippen molar-refractivity contribution >= 4 is 0 Å². The quantitative estimate of drug-likeness (QED) is 0.404. The molecule has 0 spiro atoms. The summed E-state index contributed by atoms with van der Waals surface area (Å²) in [6, 6.07) is 0. The molecule has 128 valence electrons. The lowest BCUT2D eigenvalue weighted by Gasteiger charge is -2.08. The third kappa shape index (κ3) is 9.24. The zero-order valence-corrected chi connectivity index (χ0v) is 15.0. The van der Waals surface area contributed by atoms with Gasteiger partial charge in [0.1, 0.15) is 12.4 Å². The Kier molecular flexibility index (Phi) is 11.1. The van der Waals surface area contributed by atoms with Crippen molar-refractivity contribution in [2.24, 2.45) is 11.7 Å². The van der Waals surface area contributed by atoms with Crippen LogP contribution < -0.4 is 10.3 Å². The molecule has 1 aromatic rings. The van der Waals surface area contributed by atoms with Gasteiger partial charge in [-0.15, -0.1) is 0 Å². The average molecular weight is 309 g/mol. The number of nitrogens with two attached hydrogens (primary N) is 1. The van der Waals surface area contributed by atoms with Crippen molar-refractivity contribution in [3.63, 3.8) is 0 Å². The summed E-state index contributed by atoms with van der Waals surface area (Å²) >= 11 is 0. The molecule has 1 aromatic heterocycles. The van der Waals surface area contributed by atoms with Crippen LogP contribution in [0.3, 0.4) is 0 Å². The Morgan fingerprint density at radius 2 is 1.68 bits per heavy atom. The van der Waals surface area contributed by atoms with E-state index in [0.717, 1.165) is 32.0 Å². The number of hydrogen-bond acceptors (Lipinski definition) is 1. The zero-order valence-electron chi connectivity index (χ0n) is 15.0. The Hall–Kier alpha value is -0.830. The fraction of sp³-hybridized carbons (Fsp3) is 0.842. The lowest BCUT2D eigenvalue weighted by Crippen LogP contribution is -2.34. The SMILES string of the molecule is CCCCCCCCCCC(C)C[n+]1ccn(CCCN)c1. The van der Waals surface area contributed by atoms with Crippen LogP contribution in [0.15, 0.2) is 18.7 Å². The van der Waals surface area contributed by atoms with Gasteiger partial charge >= 0.3 is 0 Å². The van der Waals surface area contributed by atoms with Gasteiger partial charge in [-0.25, -0.2) is 9.13 Å². The molecule has 1 rings (SSSR count). The fourth-order valence-electron chi connectivity index (χ4n) is 3.03. The van der Waals surface area contributed by atoms with Crippen molar-refractivity contribution < 1.29 is 4.57 Å². The highest BCUT2D eigenvalue weighted by Crippen LogP contribution is 2.13. The summed E-state index contributed by atoms with van der Waals surface area (Å²) in [7, 11) is 0. The summed E-state index contributed by atoms with van der Waals surface area (Å²) in [6.07, 6.45) is 20.3. The summed E-state index contributed by atoms with van der Waals surface area (Å²) < 4.78 is 4.57. The maximum Gasteiger partial charge on any atom is 0.243 e. The van der Waals surface area contributed by atoms with E-state index in [1.165, 1.54) is 57.8 Å². The molecule has 0 amide bonds. The largest absolute Gasteiger partial charge is 0.330 e. The topological polar surface area (TPSA) is 34.8 Å². The molecule has 0 aliphatic carbocycles. The van der Waals surface area contributed by atoms with Crippen molar-refractivity contribution in [1.29, 1.82) is 0 Å². The molecule has 1 atom stereocenters. The Balaban J connectivity index is 2.03. The number of nitrogens with zero attached hydrogens (tertiary/aromatic N) is 2. The monoisotopic (exact) mass is 308 g/mol. The standard InChI is InChI=1S/C19H38N3/c1-3-4-5-6-7-8-9-10-12-19(2)17-22-16-15-21(18-22)14-11-13-20/h15-16,18-19H,3-14,17,20H2,1-2H3/q+1. The van der Waals surface area contributed by atoms with Crippen molar-refractivity contribution in [1.82, 2.24) is 4.57 Å². The number of hydrogen-bond donors (Lipinski definition) is 1. The molecule has 1 unspecified atom stereocenters. The molecular weight excluding hydrogens is 270 g/mol. The Labute approximate surface area is 137 Å². The molecule has 0 saturated carbocycles. The van der Waals surface area contributed by atoms with E-state index < -0.39 is 0 Å². The van der Waals surface area contributed by atoms with Crippen molar-refractivity contribution in [3.8, 4) is 0 Å². The first kappa shape index (κ1) is 19.2. The van der Waals surface area contributed by atoms with Gasteiger partial charge in [0.2, 0.25) is 6.33 Å². The van der Waals surface area contributed by atoms with Gasteiger partial charge in [0.05, 0.1) is 13.1 Å². The molecule has 0 bridgehead atoms. The Morgan fingerprint density at radius 3 is 2.36 bits per heavy atom. The smallest absolute Gasteiger partial charge is 0.243 e. The minimum absolute atomic E-state index is 0.771. The third-order valence-corrected chi connectivity index (χ3v) is 4.44. The number of rotatable bonds is 14. The summed E-state index contributed by atoms with van der Waals surface area (Å²) in [4.78, 5) is 0. The molecule has 3 nitrogen and oxygen atoms in total. The van der Waals surface area contributed by atoms with Crippen LogP contribution in [-0.2, 0) is 13.1 Å². The molecule has 3 heteroatoms. The highest BCUT2D eigenvalue weighted by molar-refractivity contribution is 4.66. The van der Waals surface area contributed by atoms with Crippen LogP contribution in [0.5, 0.6) is 0 Å². The first-order valence-electron chi connectivity index (χ1n) is 9.51. The maximum atomic E-state index is 5.56. The zero-order chi connectivity index (χ0) is 16.0. The van der Waals surface area contributed by atoms with Crippen LogP contribution >= 0.6 is 0 Å². The highest BCUT2D eigenvalue weighted by atomic mass is 15.1. The van der Waals surface area contributed by atoms with E-state index in [4.69, 9.17) is 5.73 Å². The predicted octanol–water partition coefficient (Wildman–Crippen LogP) is 4.29. The van der Waals surface area contributed by atoms with Crippen LogP contribution in [0.1, 0.15) is 78.1 Å². The number of aromatic nitrogens is 2. The van der Waals surface area contributed by atoms with Crippen LogP contribution in [-0.4, -0.2) is 11.1 Å². The van der Waals surface area contributed by atoms with Crippen LogP contribution in [0.2, 0.25) is 0 Å². The summed E-state index contributed by atoms with van der Waals surface area (Å²) in [5, 5.41) is 0. The van der Waals surface area contributed by atoms with Crippen molar-refractivity contribution in [2.45, 2.75) is 91.1 Å². The normalized spacial score (nSPS) is 12.7. The molecule has 0 aliphatic heterocycles. The van der Waals surface area contributed by atoms with Gasteiger partial charge in [0.15, 0.2) is 0 Å². The van der Waals surface area contributed by atoms with E-state index in [-0.39, 0.29) is 0 Å². The predicted molar refractivity (Wildman–Crippen MR) is 94.7 cm³/mol.